The third-order valence-electron chi connectivity index (χ3n) is 1.45. The maximum absolute atomic E-state index is 10.6. The van der Waals surface area contributed by atoms with Crippen LogP contribution in [0.4, 0.5) is 0 Å². The molecule has 15 heavy (non-hydrogen) atoms. The van der Waals surface area contributed by atoms with E-state index in [1.54, 1.807) is 0 Å². The van der Waals surface area contributed by atoms with E-state index < -0.39 is 23.9 Å². The minimum atomic E-state index is -1.24. The Balaban J connectivity index is 4.04. The maximum Gasteiger partial charge on any atom is 0.348 e. The van der Waals surface area contributed by atoms with E-state index in [-0.39, 0.29) is 12.8 Å². The second kappa shape index (κ2) is 6.55. The van der Waals surface area contributed by atoms with Gasteiger partial charge in [0.25, 0.3) is 0 Å². The Morgan fingerprint density at radius 3 is 2.53 bits per heavy atom. The highest BCUT2D eigenvalue weighted by molar-refractivity contribution is 5.81. The topological polar surface area (TPSA) is 119 Å². The first-order chi connectivity index (χ1) is 6.97. The third-order valence-corrected chi connectivity index (χ3v) is 1.45. The summed E-state index contributed by atoms with van der Waals surface area (Å²) >= 11 is 0. The van der Waals surface area contributed by atoms with Gasteiger partial charge in [0.2, 0.25) is 5.91 Å². The van der Waals surface area contributed by atoms with Gasteiger partial charge in [0, 0.05) is 12.5 Å². The molecule has 0 heterocycles. The third kappa shape index (κ3) is 6.22. The van der Waals surface area contributed by atoms with Gasteiger partial charge in [-0.3, -0.25) is 9.59 Å². The zero-order valence-corrected chi connectivity index (χ0v) is 7.93. The van der Waals surface area contributed by atoms with Gasteiger partial charge in [0.1, 0.15) is 6.04 Å². The Kier molecular flexibility index (Phi) is 5.72. The van der Waals surface area contributed by atoms with Crippen LogP contribution in [0, 0.1) is 0 Å². The van der Waals surface area contributed by atoms with Crippen LogP contribution in [-0.4, -0.2) is 29.0 Å². The van der Waals surface area contributed by atoms with E-state index in [1.165, 1.54) is 0 Å². The molecule has 0 aromatic rings. The Labute approximate surface area is 85.8 Å². The number of carbonyl (C=O) groups excluding carboxylic acids is 2. The monoisotopic (exact) mass is 216 g/mol. The van der Waals surface area contributed by atoms with Crippen molar-refractivity contribution in [1.29, 1.82) is 0 Å². The van der Waals surface area contributed by atoms with E-state index in [0.29, 0.717) is 0 Å². The summed E-state index contributed by atoms with van der Waals surface area (Å²) in [5.74, 6) is -2.67. The van der Waals surface area contributed by atoms with Gasteiger partial charge in [0.05, 0.1) is 0 Å². The standard InChI is InChI=1S/C8H12N2O5/c1-2-7(12)15-10-5(8(13)14)3-4-6(9)11/h2,5,10H,1,3-4H2,(H2,9,11)(H,13,14)/t5-/m0/s1. The summed E-state index contributed by atoms with van der Waals surface area (Å²) in [6.07, 6.45) is 0.699. The summed E-state index contributed by atoms with van der Waals surface area (Å²) in [5, 5.41) is 8.64. The zero-order valence-electron chi connectivity index (χ0n) is 7.93. The molecule has 0 spiro atoms. The Morgan fingerprint density at radius 2 is 2.13 bits per heavy atom. The summed E-state index contributed by atoms with van der Waals surface area (Å²) in [6.45, 7) is 3.12. The number of primary amides is 1. The average Bonchev–Trinajstić information content (AvgIpc) is 2.16. The highest BCUT2D eigenvalue weighted by atomic mass is 16.7. The SMILES string of the molecule is C=CC(=O)ON[C@@H](CCC(N)=O)C(=O)O. The van der Waals surface area contributed by atoms with Crippen LogP contribution >= 0.6 is 0 Å². The lowest BCUT2D eigenvalue weighted by Gasteiger charge is -2.11. The molecule has 0 aliphatic carbocycles. The molecular formula is C8H12N2O5. The molecule has 0 saturated heterocycles. The fourth-order valence-corrected chi connectivity index (χ4v) is 0.690. The Hall–Kier alpha value is -1.89. The lowest BCUT2D eigenvalue weighted by molar-refractivity contribution is -0.153. The van der Waals surface area contributed by atoms with E-state index in [4.69, 9.17) is 10.8 Å². The molecule has 4 N–H and O–H groups in total. The number of carboxylic acids is 1. The van der Waals surface area contributed by atoms with Gasteiger partial charge in [-0.05, 0) is 6.42 Å². The Morgan fingerprint density at radius 1 is 1.53 bits per heavy atom. The van der Waals surface area contributed by atoms with Gasteiger partial charge in [-0.25, -0.2) is 4.79 Å². The first-order valence-corrected chi connectivity index (χ1v) is 4.07. The second-order valence-electron chi connectivity index (χ2n) is 2.64. The van der Waals surface area contributed by atoms with Gasteiger partial charge in [-0.1, -0.05) is 6.58 Å². The van der Waals surface area contributed by atoms with E-state index >= 15 is 0 Å². The van der Waals surface area contributed by atoms with Crippen molar-refractivity contribution in [2.75, 3.05) is 0 Å². The normalized spacial score (nSPS) is 11.5. The maximum atomic E-state index is 10.6. The smallest absolute Gasteiger partial charge is 0.348 e. The summed E-state index contributed by atoms with van der Waals surface area (Å²) in [5.41, 5.74) is 6.84. The summed E-state index contributed by atoms with van der Waals surface area (Å²) in [4.78, 5) is 35.9. The molecule has 84 valence electrons. The van der Waals surface area contributed by atoms with Gasteiger partial charge >= 0.3 is 11.9 Å². The van der Waals surface area contributed by atoms with Crippen molar-refractivity contribution in [1.82, 2.24) is 5.48 Å². The zero-order chi connectivity index (χ0) is 11.8. The second-order valence-corrected chi connectivity index (χ2v) is 2.64. The lowest BCUT2D eigenvalue weighted by atomic mass is 10.1. The van der Waals surface area contributed by atoms with Crippen molar-refractivity contribution in [2.24, 2.45) is 5.73 Å². The predicted octanol–water partition coefficient (Wildman–Crippen LogP) is -1.06. The molecule has 0 aromatic carbocycles. The molecule has 0 fully saturated rings. The number of hydroxylamine groups is 1. The molecular weight excluding hydrogens is 204 g/mol. The quantitative estimate of drug-likeness (QED) is 0.368. The van der Waals surface area contributed by atoms with Crippen molar-refractivity contribution in [3.8, 4) is 0 Å². The first kappa shape index (κ1) is 13.1. The largest absolute Gasteiger partial charge is 0.480 e. The van der Waals surface area contributed by atoms with E-state index in [0.717, 1.165) is 6.08 Å². The fourth-order valence-electron chi connectivity index (χ4n) is 0.690. The van der Waals surface area contributed by atoms with Crippen molar-refractivity contribution in [3.63, 3.8) is 0 Å². The van der Waals surface area contributed by atoms with Crippen LogP contribution in [0.15, 0.2) is 12.7 Å². The highest BCUT2D eigenvalue weighted by Gasteiger charge is 2.19. The molecule has 0 aliphatic rings. The average molecular weight is 216 g/mol. The van der Waals surface area contributed by atoms with Crippen LogP contribution in [0.3, 0.4) is 0 Å². The predicted molar refractivity (Wildman–Crippen MR) is 49.3 cm³/mol. The van der Waals surface area contributed by atoms with Gasteiger partial charge in [0.15, 0.2) is 0 Å². The molecule has 0 radical (unpaired) electrons. The van der Waals surface area contributed by atoms with Crippen molar-refractivity contribution in [2.45, 2.75) is 18.9 Å². The van der Waals surface area contributed by atoms with Gasteiger partial charge in [-0.15, -0.1) is 5.48 Å². The lowest BCUT2D eigenvalue weighted by Crippen LogP contribution is -2.38. The molecule has 7 heteroatoms. The van der Waals surface area contributed by atoms with Crippen molar-refractivity contribution >= 4 is 17.8 Å². The number of rotatable bonds is 7. The molecule has 0 aromatic heterocycles. The number of carbonyl (C=O) groups is 3. The summed E-state index contributed by atoms with van der Waals surface area (Å²) < 4.78 is 0. The fraction of sp³-hybridized carbons (Fsp3) is 0.375. The molecule has 0 aliphatic heterocycles. The number of carboxylic acid groups (broad SMARTS) is 1. The van der Waals surface area contributed by atoms with Crippen LogP contribution in [0.2, 0.25) is 0 Å². The minimum absolute atomic E-state index is 0.0604. The molecule has 0 bridgehead atoms. The van der Waals surface area contributed by atoms with Crippen molar-refractivity contribution < 1.29 is 24.3 Å². The number of nitrogens with two attached hydrogens (primary N) is 1. The van der Waals surface area contributed by atoms with Gasteiger partial charge < -0.3 is 15.7 Å². The van der Waals surface area contributed by atoms with Crippen LogP contribution in [0.5, 0.6) is 0 Å². The first-order valence-electron chi connectivity index (χ1n) is 4.07. The van der Waals surface area contributed by atoms with E-state index in [1.807, 2.05) is 5.48 Å². The van der Waals surface area contributed by atoms with Crippen molar-refractivity contribution in [3.05, 3.63) is 12.7 Å². The Bertz CT molecular complexity index is 276. The molecule has 1 amide bonds. The van der Waals surface area contributed by atoms with Crippen LogP contribution in [-0.2, 0) is 19.2 Å². The van der Waals surface area contributed by atoms with Gasteiger partial charge in [-0.2, -0.15) is 0 Å². The van der Waals surface area contributed by atoms with Crippen LogP contribution in [0.25, 0.3) is 0 Å². The molecule has 7 nitrogen and oxygen atoms in total. The van der Waals surface area contributed by atoms with E-state index in [2.05, 4.69) is 11.4 Å². The van der Waals surface area contributed by atoms with E-state index in [9.17, 15) is 14.4 Å². The number of hydrogen-bond donors (Lipinski definition) is 3. The number of nitrogens with one attached hydrogen (secondary N) is 1. The number of aliphatic carboxylic acids is 1. The number of hydrogen-bond acceptors (Lipinski definition) is 5. The van der Waals surface area contributed by atoms with Crippen LogP contribution in [0.1, 0.15) is 12.8 Å². The molecule has 0 saturated carbocycles. The summed E-state index contributed by atoms with van der Waals surface area (Å²) in [7, 11) is 0. The number of amides is 1. The molecule has 0 unspecified atom stereocenters. The van der Waals surface area contributed by atoms with Crippen LogP contribution < -0.4 is 11.2 Å². The highest BCUT2D eigenvalue weighted by Crippen LogP contribution is 1.97. The molecule has 1 atom stereocenters. The molecule has 0 rings (SSSR count). The summed E-state index contributed by atoms with van der Waals surface area (Å²) in [6, 6.07) is -1.17. The minimum Gasteiger partial charge on any atom is -0.480 e.